The van der Waals surface area contributed by atoms with Gasteiger partial charge in [0.25, 0.3) is 5.92 Å². The fourth-order valence-corrected chi connectivity index (χ4v) is 2.28. The zero-order chi connectivity index (χ0) is 12.2. The van der Waals surface area contributed by atoms with E-state index >= 15 is 0 Å². The molecule has 1 rings (SSSR count). The van der Waals surface area contributed by atoms with Gasteiger partial charge in [-0.1, -0.05) is 37.8 Å². The Balaban J connectivity index is 3.18. The van der Waals surface area contributed by atoms with Crippen molar-refractivity contribution in [3.8, 4) is 0 Å². The Hall–Kier alpha value is -1.00. The first-order valence-corrected chi connectivity index (χ1v) is 6.00. The van der Waals surface area contributed by atoms with Gasteiger partial charge in [-0.25, -0.2) is 0 Å². The third-order valence-corrected chi connectivity index (χ3v) is 3.05. The average molecular weight is 242 g/mol. The minimum absolute atomic E-state index is 0.265. The van der Waals surface area contributed by atoms with Crippen LogP contribution in [0.1, 0.15) is 24.2 Å². The molecule has 0 aliphatic carbocycles. The van der Waals surface area contributed by atoms with E-state index in [1.54, 1.807) is 12.1 Å². The van der Waals surface area contributed by atoms with Crippen LogP contribution in [0.25, 0.3) is 0 Å². The molecule has 1 atom stereocenters. The Morgan fingerprint density at radius 2 is 2.12 bits per heavy atom. The first kappa shape index (κ1) is 13.1. The molecular weight excluding hydrogens is 226 g/mol. The zero-order valence-corrected chi connectivity index (χ0v) is 11.5. The molecule has 88 valence electrons. The fourth-order valence-electron chi connectivity index (χ4n) is 1.71. The summed E-state index contributed by atoms with van der Waals surface area (Å²) in [7, 11) is 0.265. The first-order chi connectivity index (χ1) is 7.56. The zero-order valence-electron chi connectivity index (χ0n) is 9.54. The molecule has 0 N–H and O–H groups in total. The van der Waals surface area contributed by atoms with Crippen LogP contribution in [0, 0.1) is 0 Å². The lowest BCUT2D eigenvalue weighted by molar-refractivity contribution is -0.0550. The van der Waals surface area contributed by atoms with Crippen molar-refractivity contribution < 1.29 is 13.2 Å². The number of rotatable bonds is 5. The number of benzene rings is 1. The summed E-state index contributed by atoms with van der Waals surface area (Å²) in [5.41, 5.74) is 1.45. The van der Waals surface area contributed by atoms with E-state index in [1.165, 1.54) is 0 Å². The summed E-state index contributed by atoms with van der Waals surface area (Å²) >= 11 is 0. The highest BCUT2D eigenvalue weighted by Crippen LogP contribution is 2.36. The third-order valence-electron chi connectivity index (χ3n) is 2.58. The maximum absolute atomic E-state index is 13.6. The van der Waals surface area contributed by atoms with Crippen molar-refractivity contribution in [3.05, 3.63) is 48.0 Å². The van der Waals surface area contributed by atoms with Crippen molar-refractivity contribution in [3.63, 3.8) is 0 Å². The van der Waals surface area contributed by atoms with Crippen LogP contribution in [0.4, 0.5) is 8.78 Å². The molecule has 0 aliphatic rings. The van der Waals surface area contributed by atoms with Crippen LogP contribution in [0.3, 0.4) is 0 Å². The number of aryl methyl sites for hydroxylation is 1. The van der Waals surface area contributed by atoms with Crippen LogP contribution in [0.2, 0.25) is 0 Å². The van der Waals surface area contributed by atoms with Gasteiger partial charge in [0.1, 0.15) is 16.6 Å². The van der Waals surface area contributed by atoms with Gasteiger partial charge in [-0.3, -0.25) is 0 Å². The number of alkyl halides is 2. The van der Waals surface area contributed by atoms with Crippen molar-refractivity contribution in [2.45, 2.75) is 25.4 Å². The number of hydrogen-bond acceptors (Lipinski definition) is 1. The summed E-state index contributed by atoms with van der Waals surface area (Å²) in [5, 5.41) is 0. The van der Waals surface area contributed by atoms with Gasteiger partial charge in [0.15, 0.2) is 0 Å². The molecule has 1 aromatic carbocycles. The van der Waals surface area contributed by atoms with Crippen LogP contribution < -0.4 is 0 Å². The molecule has 16 heavy (non-hydrogen) atoms. The second-order valence-corrected chi connectivity index (χ2v) is 4.02. The highest BCUT2D eigenvalue weighted by atomic mass is 28.2. The molecule has 1 aromatic rings. The Labute approximate surface area is 97.7 Å². The highest BCUT2D eigenvalue weighted by Gasteiger charge is 2.38. The Kier molecular flexibility index (Phi) is 4.38. The van der Waals surface area contributed by atoms with Gasteiger partial charge in [-0.15, -0.1) is 0 Å². The van der Waals surface area contributed by atoms with E-state index in [0.29, 0.717) is 18.1 Å². The number of halogens is 2. The third kappa shape index (κ3) is 2.57. The molecule has 0 radical (unpaired) electrons. The van der Waals surface area contributed by atoms with Crippen molar-refractivity contribution in [1.82, 2.24) is 0 Å². The molecule has 1 unspecified atom stereocenters. The molecule has 0 bridgehead atoms. The largest absolute Gasteiger partial charge is 0.415 e. The van der Waals surface area contributed by atoms with Gasteiger partial charge < -0.3 is 4.43 Å². The molecule has 0 heterocycles. The molecule has 0 spiro atoms. The monoisotopic (exact) mass is 242 g/mol. The fraction of sp³-hybridized carbons (Fsp3) is 0.333. The smallest absolute Gasteiger partial charge is 0.294 e. The van der Waals surface area contributed by atoms with E-state index in [-0.39, 0.29) is 10.5 Å². The van der Waals surface area contributed by atoms with Crippen molar-refractivity contribution in [1.29, 1.82) is 0 Å². The van der Waals surface area contributed by atoms with E-state index in [4.69, 9.17) is 4.43 Å². The molecule has 0 saturated carbocycles. The standard InChI is InChI=1S/C12H16F2OSi/c1-3-9-7-5-6-8-10(9)11(15-16)12(13,14)4-2/h4-8,11H,2-3H2,1,16H3. The predicted octanol–water partition coefficient (Wildman–Crippen LogP) is 2.41. The van der Waals surface area contributed by atoms with E-state index in [1.807, 2.05) is 19.1 Å². The topological polar surface area (TPSA) is 9.23 Å². The molecule has 0 aromatic heterocycles. The SMILES string of the molecule is C=CC(F)(F)C(O[SiH3])c1ccccc1CC. The normalized spacial score (nSPS) is 13.7. The molecule has 0 aliphatic heterocycles. The predicted molar refractivity (Wildman–Crippen MR) is 64.7 cm³/mol. The van der Waals surface area contributed by atoms with Crippen molar-refractivity contribution >= 4 is 10.5 Å². The van der Waals surface area contributed by atoms with Gasteiger partial charge in [0.2, 0.25) is 0 Å². The van der Waals surface area contributed by atoms with Gasteiger partial charge in [0.05, 0.1) is 0 Å². The molecule has 0 fully saturated rings. The van der Waals surface area contributed by atoms with Gasteiger partial charge >= 0.3 is 0 Å². The van der Waals surface area contributed by atoms with Crippen molar-refractivity contribution in [2.75, 3.05) is 0 Å². The summed E-state index contributed by atoms with van der Waals surface area (Å²) in [5.74, 6) is -3.02. The first-order valence-electron chi connectivity index (χ1n) is 5.18. The maximum Gasteiger partial charge on any atom is 0.294 e. The summed E-state index contributed by atoms with van der Waals surface area (Å²) in [4.78, 5) is 0. The lowest BCUT2D eigenvalue weighted by atomic mass is 9.96. The molecular formula is C12H16F2OSi. The second kappa shape index (κ2) is 5.36. The number of hydrogen-bond donors (Lipinski definition) is 0. The van der Waals surface area contributed by atoms with Crippen LogP contribution in [0.15, 0.2) is 36.9 Å². The second-order valence-electron chi connectivity index (χ2n) is 3.55. The maximum atomic E-state index is 13.6. The summed E-state index contributed by atoms with van der Waals surface area (Å²) < 4.78 is 32.2. The van der Waals surface area contributed by atoms with E-state index in [0.717, 1.165) is 5.56 Å². The molecule has 0 amide bonds. The van der Waals surface area contributed by atoms with Crippen LogP contribution >= 0.6 is 0 Å². The van der Waals surface area contributed by atoms with Gasteiger partial charge in [0, 0.05) is 0 Å². The van der Waals surface area contributed by atoms with Crippen LogP contribution in [0.5, 0.6) is 0 Å². The molecule has 1 nitrogen and oxygen atoms in total. The lowest BCUT2D eigenvalue weighted by Crippen LogP contribution is -2.26. The summed E-state index contributed by atoms with van der Waals surface area (Å²) in [6.07, 6.45) is 0.167. The van der Waals surface area contributed by atoms with Crippen LogP contribution in [-0.2, 0) is 10.8 Å². The van der Waals surface area contributed by atoms with Gasteiger partial charge in [-0.05, 0) is 23.6 Å². The highest BCUT2D eigenvalue weighted by molar-refractivity contribution is 5.98. The minimum Gasteiger partial charge on any atom is -0.415 e. The Morgan fingerprint density at radius 1 is 1.50 bits per heavy atom. The average Bonchev–Trinajstić information content (AvgIpc) is 2.30. The Morgan fingerprint density at radius 3 is 2.62 bits per heavy atom. The lowest BCUT2D eigenvalue weighted by Gasteiger charge is -2.25. The summed E-state index contributed by atoms with van der Waals surface area (Å²) in [6.45, 7) is 5.11. The van der Waals surface area contributed by atoms with E-state index < -0.39 is 12.0 Å². The molecule has 4 heteroatoms. The summed E-state index contributed by atoms with van der Waals surface area (Å²) in [6, 6.07) is 7.14. The quantitative estimate of drug-likeness (QED) is 0.569. The van der Waals surface area contributed by atoms with Crippen molar-refractivity contribution in [2.24, 2.45) is 0 Å². The Bertz CT molecular complexity index is 366. The minimum atomic E-state index is -3.02. The molecule has 0 saturated heterocycles. The van der Waals surface area contributed by atoms with E-state index in [2.05, 4.69) is 6.58 Å². The van der Waals surface area contributed by atoms with Gasteiger partial charge in [-0.2, -0.15) is 8.78 Å². The van der Waals surface area contributed by atoms with Crippen LogP contribution in [-0.4, -0.2) is 16.4 Å². The van der Waals surface area contributed by atoms with E-state index in [9.17, 15) is 8.78 Å².